The molecule has 0 radical (unpaired) electrons. The fourth-order valence-electron chi connectivity index (χ4n) is 4.70. The fourth-order valence-corrected chi connectivity index (χ4v) is 4.70. The van der Waals surface area contributed by atoms with Crippen molar-refractivity contribution in [3.05, 3.63) is 95.2 Å². The van der Waals surface area contributed by atoms with E-state index in [1.54, 1.807) is 5.56 Å². The third-order valence-corrected chi connectivity index (χ3v) is 6.41. The van der Waals surface area contributed by atoms with Crippen LogP contribution in [0.3, 0.4) is 0 Å². The first-order valence-corrected chi connectivity index (χ1v) is 10.7. The van der Waals surface area contributed by atoms with Crippen molar-refractivity contribution in [1.82, 2.24) is 4.57 Å². The maximum atomic E-state index is 3.19. The summed E-state index contributed by atoms with van der Waals surface area (Å²) in [5.41, 5.74) is 8.50. The Bertz CT molecular complexity index is 1210. The average molecular weight is 496 g/mol. The molecule has 0 saturated carbocycles. The summed E-state index contributed by atoms with van der Waals surface area (Å²) in [6.45, 7) is 4.22. The first kappa shape index (κ1) is 26.6. The van der Waals surface area contributed by atoms with E-state index in [9.17, 15) is 0 Å². The van der Waals surface area contributed by atoms with Crippen molar-refractivity contribution >= 4 is 21.7 Å². The van der Waals surface area contributed by atoms with Crippen LogP contribution in [0.2, 0.25) is 0 Å². The van der Waals surface area contributed by atoms with E-state index < -0.39 is 0 Å². The predicted molar refractivity (Wildman–Crippen MR) is 124 cm³/mol. The van der Waals surface area contributed by atoms with Crippen LogP contribution in [0, 0.1) is 6.08 Å². The van der Waals surface area contributed by atoms with Crippen molar-refractivity contribution in [1.29, 1.82) is 0 Å². The smallest absolute Gasteiger partial charge is 1.00 e. The van der Waals surface area contributed by atoms with Crippen molar-refractivity contribution in [3.63, 3.8) is 0 Å². The van der Waals surface area contributed by atoms with Gasteiger partial charge in [0.15, 0.2) is 0 Å². The zero-order chi connectivity index (χ0) is 19.8. The molecule has 162 valence electrons. The minimum absolute atomic E-state index is 0. The summed E-state index contributed by atoms with van der Waals surface area (Å²) in [6, 6.07) is 22.2. The zero-order valence-corrected chi connectivity index (χ0v) is 21.7. The maximum Gasteiger partial charge on any atom is 4.00 e. The molecule has 0 N–H and O–H groups in total. The summed E-state index contributed by atoms with van der Waals surface area (Å²) >= 11 is 0. The van der Waals surface area contributed by atoms with E-state index in [-0.39, 0.29) is 46.5 Å². The van der Waals surface area contributed by atoms with E-state index in [2.05, 4.69) is 91.2 Å². The van der Waals surface area contributed by atoms with Gasteiger partial charge in [-0.1, -0.05) is 31.2 Å². The number of hydrogen-bond donors (Lipinski definition) is 0. The van der Waals surface area contributed by atoms with Crippen LogP contribution >= 0.6 is 0 Å². The Kier molecular flexibility index (Phi) is 9.55. The minimum Gasteiger partial charge on any atom is -1.00 e. The molecule has 0 bridgehead atoms. The van der Waals surface area contributed by atoms with Gasteiger partial charge in [0.2, 0.25) is 0 Å². The Balaban J connectivity index is 0.000000317. The van der Waals surface area contributed by atoms with Crippen LogP contribution in [0.25, 0.3) is 27.4 Å². The molecule has 0 atom stereocenters. The van der Waals surface area contributed by atoms with E-state index in [1.807, 2.05) is 0 Å². The molecule has 0 aliphatic heterocycles. The van der Waals surface area contributed by atoms with Gasteiger partial charge in [0.25, 0.3) is 0 Å². The Morgan fingerprint density at radius 1 is 0.906 bits per heavy atom. The van der Waals surface area contributed by atoms with Crippen molar-refractivity contribution in [3.8, 4) is 5.69 Å². The van der Waals surface area contributed by atoms with E-state index in [4.69, 9.17) is 0 Å². The Morgan fingerprint density at radius 2 is 1.62 bits per heavy atom. The number of aromatic nitrogens is 1. The molecule has 6 rings (SSSR count). The molecule has 2 aliphatic rings. The second-order valence-corrected chi connectivity index (χ2v) is 8.22. The van der Waals surface area contributed by atoms with E-state index in [0.29, 0.717) is 0 Å². The molecule has 0 unspecified atom stereocenters. The maximum absolute atomic E-state index is 3.19. The molecule has 2 aliphatic carbocycles. The molecule has 1 aromatic heterocycles. The number of rotatable bonds is 1. The first-order chi connectivity index (χ1) is 14.2. The van der Waals surface area contributed by atoms with Crippen molar-refractivity contribution in [2.45, 2.75) is 46.0 Å². The molecule has 4 heteroatoms. The fraction of sp³-hybridized carbons (Fsp3) is 0.250. The molecule has 0 saturated heterocycles. The van der Waals surface area contributed by atoms with Gasteiger partial charge in [0.1, 0.15) is 0 Å². The normalized spacial score (nSPS) is 14.2. The van der Waals surface area contributed by atoms with Gasteiger partial charge < -0.3 is 29.4 Å². The summed E-state index contributed by atoms with van der Waals surface area (Å²) in [5, 5.41) is 4.11. The van der Waals surface area contributed by atoms with Crippen LogP contribution in [-0.2, 0) is 34.6 Å². The van der Waals surface area contributed by atoms with Crippen LogP contribution in [-0.4, -0.2) is 4.57 Å². The number of para-hydroxylation sites is 1. The molecule has 0 amide bonds. The standard InChI is InChI=1S/C21H18N.C7H9.2ClH.Ti/c1-2-8-16-14-17(13-15(16)7-1)22-20-11-5-3-9-18(20)19-10-4-6-12-21(19)22;1-6-4-3-5-7(6)2;;;/h1-3,5,7-9,11,13-14H,4,6,10,12H2;4H,3H2,1-2H3;2*1H;/q2*-1;;;+4/p-2. The molecule has 32 heavy (non-hydrogen) atoms. The number of hydrogen-bond acceptors (Lipinski definition) is 0. The molecule has 1 nitrogen and oxygen atoms in total. The average Bonchev–Trinajstić information content (AvgIpc) is 3.43. The number of fused-ring (bicyclic) bond motifs is 4. The number of benzene rings is 2. The zero-order valence-electron chi connectivity index (χ0n) is 18.6. The molecule has 0 fully saturated rings. The number of aryl methyl sites for hydroxylation is 1. The van der Waals surface area contributed by atoms with Gasteiger partial charge in [-0.2, -0.15) is 6.08 Å². The molecular formula is C28H27Cl2NTi. The first-order valence-electron chi connectivity index (χ1n) is 10.7. The van der Waals surface area contributed by atoms with Crippen LogP contribution in [0.4, 0.5) is 0 Å². The predicted octanol–water partition coefficient (Wildman–Crippen LogP) is 1.47. The van der Waals surface area contributed by atoms with Gasteiger partial charge >= 0.3 is 21.7 Å². The Hall–Kier alpha value is -1.64. The van der Waals surface area contributed by atoms with Crippen LogP contribution in [0.1, 0.15) is 44.4 Å². The second-order valence-electron chi connectivity index (χ2n) is 8.22. The summed E-state index contributed by atoms with van der Waals surface area (Å²) < 4.78 is 2.50. The number of nitrogens with zero attached hydrogens (tertiary/aromatic N) is 1. The topological polar surface area (TPSA) is 4.93 Å². The van der Waals surface area contributed by atoms with Crippen LogP contribution in [0.5, 0.6) is 0 Å². The Morgan fingerprint density at radius 3 is 2.31 bits per heavy atom. The van der Waals surface area contributed by atoms with Gasteiger partial charge in [0, 0.05) is 11.1 Å². The number of halogens is 2. The molecule has 4 aromatic rings. The quantitative estimate of drug-likeness (QED) is 0.278. The second kappa shape index (κ2) is 11.5. The van der Waals surface area contributed by atoms with Gasteiger partial charge in [-0.05, 0) is 43.0 Å². The van der Waals surface area contributed by atoms with Gasteiger partial charge in [-0.15, -0.1) is 54.4 Å². The van der Waals surface area contributed by atoms with Crippen molar-refractivity contribution in [2.24, 2.45) is 0 Å². The third kappa shape index (κ3) is 4.97. The molecule has 1 heterocycles. The number of allylic oxidation sites excluding steroid dienone is 4. The molecule has 3 aromatic carbocycles. The third-order valence-electron chi connectivity index (χ3n) is 6.41. The van der Waals surface area contributed by atoms with Gasteiger partial charge in [-0.25, -0.2) is 11.1 Å². The van der Waals surface area contributed by atoms with Gasteiger partial charge in [0.05, 0.1) is 5.52 Å². The van der Waals surface area contributed by atoms with E-state index in [1.165, 1.54) is 69.9 Å². The SMILES string of the molecule is CC1=[C-]CC=C1C.[Cl-].[Cl-].[Ti+4].c1ccc2[cH-]c(-n3c4c(c5ccccc53)CCCC4)cc2c1. The molecular weight excluding hydrogens is 469 g/mol. The van der Waals surface area contributed by atoms with E-state index in [0.717, 1.165) is 6.42 Å². The monoisotopic (exact) mass is 495 g/mol. The summed E-state index contributed by atoms with van der Waals surface area (Å²) in [5.74, 6) is 0. The van der Waals surface area contributed by atoms with Gasteiger partial charge in [-0.3, -0.25) is 6.08 Å². The summed E-state index contributed by atoms with van der Waals surface area (Å²) in [6.07, 6.45) is 11.5. The van der Waals surface area contributed by atoms with Crippen molar-refractivity contribution in [2.75, 3.05) is 0 Å². The summed E-state index contributed by atoms with van der Waals surface area (Å²) in [7, 11) is 0. The van der Waals surface area contributed by atoms with E-state index >= 15 is 0 Å². The van der Waals surface area contributed by atoms with Crippen LogP contribution in [0.15, 0.2) is 77.9 Å². The Labute approximate surface area is 218 Å². The van der Waals surface area contributed by atoms with Crippen LogP contribution < -0.4 is 24.8 Å². The minimum atomic E-state index is 0. The van der Waals surface area contributed by atoms with Crippen molar-refractivity contribution < 1.29 is 46.5 Å². The largest absolute Gasteiger partial charge is 4.00 e. The molecule has 0 spiro atoms. The summed E-state index contributed by atoms with van der Waals surface area (Å²) in [4.78, 5) is 0.